The molecule has 0 aliphatic carbocycles. The molecule has 18 heavy (non-hydrogen) atoms. The van der Waals surface area contributed by atoms with Gasteiger partial charge in [-0.1, -0.05) is 0 Å². The molecule has 3 fully saturated rings. The highest BCUT2D eigenvalue weighted by Gasteiger charge is 2.38. The summed E-state index contributed by atoms with van der Waals surface area (Å²) >= 11 is 0. The Balaban J connectivity index is 1.66. The number of carbonyl (C=O) groups is 1. The number of hydrogen-bond acceptors (Lipinski definition) is 2. The normalized spacial score (nSPS) is 34.9. The molecular formula is C14H25N3O. The fourth-order valence-electron chi connectivity index (χ4n) is 3.92. The summed E-state index contributed by atoms with van der Waals surface area (Å²) in [4.78, 5) is 16.7. The van der Waals surface area contributed by atoms with Crippen LogP contribution >= 0.6 is 0 Å². The zero-order chi connectivity index (χ0) is 12.5. The number of piperidine rings is 1. The molecule has 3 aliphatic rings. The molecule has 4 heteroatoms. The van der Waals surface area contributed by atoms with Gasteiger partial charge in [0, 0.05) is 37.8 Å². The van der Waals surface area contributed by atoms with Gasteiger partial charge in [0.05, 0.1) is 0 Å². The molecule has 4 nitrogen and oxygen atoms in total. The SMILES string of the molecule is CCN(C(=O)N1CCCC1)C1CC2CCC(C1)N2. The minimum atomic E-state index is 0.293. The van der Waals surface area contributed by atoms with E-state index in [1.807, 2.05) is 4.90 Å². The van der Waals surface area contributed by atoms with Gasteiger partial charge < -0.3 is 15.1 Å². The summed E-state index contributed by atoms with van der Waals surface area (Å²) in [6.45, 7) is 4.91. The van der Waals surface area contributed by atoms with Crippen molar-refractivity contribution in [1.82, 2.24) is 15.1 Å². The van der Waals surface area contributed by atoms with E-state index in [1.54, 1.807) is 0 Å². The summed E-state index contributed by atoms with van der Waals surface area (Å²) in [6.07, 6.45) is 7.28. The highest BCUT2D eigenvalue weighted by atomic mass is 16.2. The van der Waals surface area contributed by atoms with Gasteiger partial charge in [-0.2, -0.15) is 0 Å². The molecule has 0 aromatic carbocycles. The van der Waals surface area contributed by atoms with Gasteiger partial charge in [0.1, 0.15) is 0 Å². The largest absolute Gasteiger partial charge is 0.325 e. The molecule has 2 atom stereocenters. The van der Waals surface area contributed by atoms with Crippen LogP contribution in [0.25, 0.3) is 0 Å². The number of rotatable bonds is 2. The second kappa shape index (κ2) is 5.08. The topological polar surface area (TPSA) is 35.6 Å². The lowest BCUT2D eigenvalue weighted by atomic mass is 9.98. The lowest BCUT2D eigenvalue weighted by Crippen LogP contribution is -2.53. The van der Waals surface area contributed by atoms with Crippen LogP contribution in [0.1, 0.15) is 45.4 Å². The molecule has 0 spiro atoms. The van der Waals surface area contributed by atoms with Crippen molar-refractivity contribution in [1.29, 1.82) is 0 Å². The highest BCUT2D eigenvalue weighted by Crippen LogP contribution is 2.30. The first-order chi connectivity index (χ1) is 8.78. The average Bonchev–Trinajstić information content (AvgIpc) is 3.00. The second-order valence-corrected chi connectivity index (χ2v) is 6.03. The van der Waals surface area contributed by atoms with Crippen LogP contribution in [0, 0.1) is 0 Å². The van der Waals surface area contributed by atoms with Gasteiger partial charge in [-0.25, -0.2) is 4.79 Å². The van der Waals surface area contributed by atoms with Crippen LogP contribution in [-0.2, 0) is 0 Å². The Labute approximate surface area is 110 Å². The van der Waals surface area contributed by atoms with Crippen molar-refractivity contribution in [3.05, 3.63) is 0 Å². The van der Waals surface area contributed by atoms with Gasteiger partial charge in [0.25, 0.3) is 0 Å². The molecule has 0 aromatic heterocycles. The zero-order valence-electron chi connectivity index (χ0n) is 11.4. The predicted octanol–water partition coefficient (Wildman–Crippen LogP) is 1.81. The fraction of sp³-hybridized carbons (Fsp3) is 0.929. The number of nitrogens with one attached hydrogen (secondary N) is 1. The van der Waals surface area contributed by atoms with E-state index in [-0.39, 0.29) is 0 Å². The Morgan fingerprint density at radius 2 is 1.83 bits per heavy atom. The summed E-state index contributed by atoms with van der Waals surface area (Å²) in [5.41, 5.74) is 0. The van der Waals surface area contributed by atoms with Crippen molar-refractivity contribution in [2.24, 2.45) is 0 Å². The maximum absolute atomic E-state index is 12.5. The number of nitrogens with zero attached hydrogens (tertiary/aromatic N) is 2. The van der Waals surface area contributed by atoms with Crippen molar-refractivity contribution in [3.8, 4) is 0 Å². The maximum atomic E-state index is 12.5. The molecule has 3 rings (SSSR count). The Morgan fingerprint density at radius 3 is 2.39 bits per heavy atom. The molecule has 2 bridgehead atoms. The number of amides is 2. The van der Waals surface area contributed by atoms with Gasteiger partial charge in [-0.05, 0) is 45.4 Å². The van der Waals surface area contributed by atoms with Crippen LogP contribution in [-0.4, -0.2) is 53.6 Å². The molecule has 3 aliphatic heterocycles. The molecule has 0 radical (unpaired) electrons. The summed E-state index contributed by atoms with van der Waals surface area (Å²) in [7, 11) is 0. The first-order valence-corrected chi connectivity index (χ1v) is 7.59. The van der Waals surface area contributed by atoms with E-state index in [0.29, 0.717) is 24.2 Å². The van der Waals surface area contributed by atoms with Crippen molar-refractivity contribution >= 4 is 6.03 Å². The van der Waals surface area contributed by atoms with Crippen LogP contribution in [0.15, 0.2) is 0 Å². The van der Waals surface area contributed by atoms with E-state index >= 15 is 0 Å². The van der Waals surface area contributed by atoms with Crippen molar-refractivity contribution in [3.63, 3.8) is 0 Å². The Morgan fingerprint density at radius 1 is 1.22 bits per heavy atom. The number of fused-ring (bicyclic) bond motifs is 2. The predicted molar refractivity (Wildman–Crippen MR) is 71.6 cm³/mol. The first kappa shape index (κ1) is 12.3. The van der Waals surface area contributed by atoms with Crippen molar-refractivity contribution in [2.75, 3.05) is 19.6 Å². The van der Waals surface area contributed by atoms with E-state index in [9.17, 15) is 4.79 Å². The van der Waals surface area contributed by atoms with Gasteiger partial charge in [-0.3, -0.25) is 0 Å². The van der Waals surface area contributed by atoms with Crippen LogP contribution in [0.4, 0.5) is 4.79 Å². The molecule has 0 saturated carbocycles. The van der Waals surface area contributed by atoms with E-state index < -0.39 is 0 Å². The Hall–Kier alpha value is -0.770. The van der Waals surface area contributed by atoms with E-state index in [4.69, 9.17) is 0 Å². The molecule has 2 amide bonds. The summed E-state index contributed by atoms with van der Waals surface area (Å²) in [5, 5.41) is 3.66. The smallest absolute Gasteiger partial charge is 0.320 e. The fourth-order valence-corrected chi connectivity index (χ4v) is 3.92. The second-order valence-electron chi connectivity index (χ2n) is 6.03. The van der Waals surface area contributed by atoms with Gasteiger partial charge in [0.15, 0.2) is 0 Å². The first-order valence-electron chi connectivity index (χ1n) is 7.59. The average molecular weight is 251 g/mol. The summed E-state index contributed by atoms with van der Waals surface area (Å²) in [6, 6.07) is 2.09. The summed E-state index contributed by atoms with van der Waals surface area (Å²) in [5.74, 6) is 0. The Bertz CT molecular complexity index is 302. The molecular weight excluding hydrogens is 226 g/mol. The number of hydrogen-bond donors (Lipinski definition) is 1. The van der Waals surface area contributed by atoms with Crippen molar-refractivity contribution in [2.45, 2.75) is 63.6 Å². The van der Waals surface area contributed by atoms with Crippen LogP contribution < -0.4 is 5.32 Å². The van der Waals surface area contributed by atoms with E-state index in [1.165, 1.54) is 25.7 Å². The summed E-state index contributed by atoms with van der Waals surface area (Å²) < 4.78 is 0. The Kier molecular flexibility index (Phi) is 3.46. The maximum Gasteiger partial charge on any atom is 0.320 e. The number of likely N-dealkylation sites (tertiary alicyclic amines) is 1. The van der Waals surface area contributed by atoms with E-state index in [2.05, 4.69) is 17.1 Å². The third kappa shape index (κ3) is 2.22. The number of carbonyl (C=O) groups excluding carboxylic acids is 1. The molecule has 3 saturated heterocycles. The lowest BCUT2D eigenvalue weighted by molar-refractivity contribution is 0.124. The minimum absolute atomic E-state index is 0.293. The van der Waals surface area contributed by atoms with Gasteiger partial charge in [0.2, 0.25) is 0 Å². The molecule has 0 aromatic rings. The van der Waals surface area contributed by atoms with Crippen LogP contribution in [0.2, 0.25) is 0 Å². The zero-order valence-corrected chi connectivity index (χ0v) is 11.4. The van der Waals surface area contributed by atoms with Crippen molar-refractivity contribution < 1.29 is 4.79 Å². The van der Waals surface area contributed by atoms with Crippen LogP contribution in [0.3, 0.4) is 0 Å². The standard InChI is InChI=1S/C14H25N3O/c1-2-17(14(18)16-7-3-4-8-16)13-9-11-5-6-12(10-13)15-11/h11-13,15H,2-10H2,1H3. The molecule has 2 unspecified atom stereocenters. The molecule has 102 valence electrons. The third-order valence-corrected chi connectivity index (χ3v) is 4.85. The quantitative estimate of drug-likeness (QED) is 0.812. The monoisotopic (exact) mass is 251 g/mol. The minimum Gasteiger partial charge on any atom is -0.325 e. The molecule has 1 N–H and O–H groups in total. The third-order valence-electron chi connectivity index (χ3n) is 4.85. The highest BCUT2D eigenvalue weighted by molar-refractivity contribution is 5.75. The van der Waals surface area contributed by atoms with E-state index in [0.717, 1.165) is 32.5 Å². The lowest BCUT2D eigenvalue weighted by Gasteiger charge is -2.39. The van der Waals surface area contributed by atoms with Gasteiger partial charge in [-0.15, -0.1) is 0 Å². The van der Waals surface area contributed by atoms with Crippen LogP contribution in [0.5, 0.6) is 0 Å². The molecule has 3 heterocycles. The van der Waals surface area contributed by atoms with Gasteiger partial charge >= 0.3 is 6.03 Å². The number of urea groups is 1.